The van der Waals surface area contributed by atoms with Crippen LogP contribution in [0.1, 0.15) is 29.2 Å². The van der Waals surface area contributed by atoms with E-state index in [1.165, 1.54) is 14.2 Å². The molecule has 0 spiro atoms. The SMILES string of the molecule is COC(CNC(=O)[C@]1(Cc2ccc(Br)cc2)N=C(c2ccc(OCCCO)cc2)O[C@@H]1c1ccc(Br)cc1)OC. The van der Waals surface area contributed by atoms with E-state index in [9.17, 15) is 4.79 Å². The normalized spacial score (nSPS) is 18.4. The number of nitrogens with one attached hydrogen (secondary N) is 1. The highest BCUT2D eigenvalue weighted by Crippen LogP contribution is 2.43. The molecule has 3 aromatic rings. The minimum atomic E-state index is -1.32. The monoisotopic (exact) mass is 674 g/mol. The molecule has 8 nitrogen and oxygen atoms in total. The third kappa shape index (κ3) is 7.30. The predicted molar refractivity (Wildman–Crippen MR) is 160 cm³/mol. The number of carbonyl (C=O) groups is 1. The second-order valence-corrected chi connectivity index (χ2v) is 11.1. The molecule has 0 fully saturated rings. The van der Waals surface area contributed by atoms with Crippen LogP contribution in [0.15, 0.2) is 86.7 Å². The molecule has 3 aromatic carbocycles. The lowest BCUT2D eigenvalue weighted by Gasteiger charge is -2.31. The Kier molecular flexibility index (Phi) is 10.7. The van der Waals surface area contributed by atoms with Gasteiger partial charge < -0.3 is 29.4 Å². The van der Waals surface area contributed by atoms with Crippen molar-refractivity contribution in [3.63, 3.8) is 0 Å². The predicted octanol–water partition coefficient (Wildman–Crippen LogP) is 5.21. The summed E-state index contributed by atoms with van der Waals surface area (Å²) in [6.45, 7) is 0.628. The molecule has 4 rings (SSSR count). The number of benzene rings is 3. The number of aliphatic hydroxyl groups is 1. The van der Waals surface area contributed by atoms with Gasteiger partial charge in [0.2, 0.25) is 5.90 Å². The molecule has 0 saturated carbocycles. The van der Waals surface area contributed by atoms with E-state index in [2.05, 4.69) is 37.2 Å². The number of ether oxygens (including phenoxy) is 4. The largest absolute Gasteiger partial charge is 0.494 e. The molecule has 0 radical (unpaired) electrons. The third-order valence-corrected chi connectivity index (χ3v) is 7.60. The van der Waals surface area contributed by atoms with E-state index in [1.807, 2.05) is 72.8 Å². The Morgan fingerprint density at radius 1 is 1.00 bits per heavy atom. The van der Waals surface area contributed by atoms with Gasteiger partial charge in [-0.3, -0.25) is 4.79 Å². The second kappa shape index (κ2) is 14.2. The zero-order valence-electron chi connectivity index (χ0n) is 22.3. The Balaban J connectivity index is 1.76. The summed E-state index contributed by atoms with van der Waals surface area (Å²) in [6, 6.07) is 22.9. The Morgan fingerprint density at radius 2 is 1.62 bits per heavy atom. The second-order valence-electron chi connectivity index (χ2n) is 9.25. The average Bonchev–Trinajstić information content (AvgIpc) is 3.36. The Hall–Kier alpha value is -2.76. The standard InChI is InChI=1S/C30H32Br2N2O6/c1-37-26(38-2)19-33-29(36)30(18-20-4-10-23(31)11-5-20)27(21-6-12-24(32)13-7-21)40-28(34-30)22-8-14-25(15-9-22)39-17-3-16-35/h4-15,26-27,35H,3,16-19H2,1-2H3,(H,33,36)/t27-,30-/m1/s1. The molecule has 0 saturated heterocycles. The Bertz CT molecular complexity index is 1280. The van der Waals surface area contributed by atoms with Crippen LogP contribution in [-0.4, -0.2) is 62.7 Å². The van der Waals surface area contributed by atoms with Crippen molar-refractivity contribution in [2.45, 2.75) is 30.8 Å². The third-order valence-electron chi connectivity index (χ3n) is 6.54. The topological polar surface area (TPSA) is 98.6 Å². The first-order valence-corrected chi connectivity index (χ1v) is 14.4. The number of hydrogen-bond acceptors (Lipinski definition) is 7. The van der Waals surface area contributed by atoms with Crippen molar-refractivity contribution in [3.05, 3.63) is 98.4 Å². The molecule has 0 unspecified atom stereocenters. The average molecular weight is 676 g/mol. The van der Waals surface area contributed by atoms with Gasteiger partial charge in [0.25, 0.3) is 5.91 Å². The van der Waals surface area contributed by atoms with Crippen molar-refractivity contribution < 1.29 is 28.8 Å². The summed E-state index contributed by atoms with van der Waals surface area (Å²) in [6.07, 6.45) is -0.469. The van der Waals surface area contributed by atoms with Gasteiger partial charge in [0.05, 0.1) is 13.2 Å². The molecule has 0 bridgehead atoms. The number of aliphatic hydroxyl groups excluding tert-OH is 1. The van der Waals surface area contributed by atoms with Crippen molar-refractivity contribution in [3.8, 4) is 5.75 Å². The molecule has 1 aliphatic heterocycles. The van der Waals surface area contributed by atoms with E-state index < -0.39 is 17.9 Å². The lowest BCUT2D eigenvalue weighted by molar-refractivity contribution is -0.134. The summed E-state index contributed by atoms with van der Waals surface area (Å²) in [5, 5.41) is 12.0. The molecule has 2 atom stereocenters. The van der Waals surface area contributed by atoms with Gasteiger partial charge in [-0.05, 0) is 59.7 Å². The van der Waals surface area contributed by atoms with Crippen molar-refractivity contribution in [1.82, 2.24) is 5.32 Å². The van der Waals surface area contributed by atoms with Gasteiger partial charge in [-0.25, -0.2) is 4.99 Å². The first-order chi connectivity index (χ1) is 19.4. The summed E-state index contributed by atoms with van der Waals surface area (Å²) in [5.74, 6) is 0.725. The van der Waals surface area contributed by atoms with E-state index >= 15 is 0 Å². The van der Waals surface area contributed by atoms with E-state index in [0.29, 0.717) is 36.7 Å². The Labute approximate surface area is 251 Å². The minimum absolute atomic E-state index is 0.0677. The van der Waals surface area contributed by atoms with Gasteiger partial charge in [0.1, 0.15) is 5.75 Å². The van der Waals surface area contributed by atoms with E-state index in [0.717, 1.165) is 20.1 Å². The van der Waals surface area contributed by atoms with Gasteiger partial charge in [-0.15, -0.1) is 0 Å². The fourth-order valence-corrected chi connectivity index (χ4v) is 4.95. The van der Waals surface area contributed by atoms with Crippen LogP contribution in [0.25, 0.3) is 0 Å². The summed E-state index contributed by atoms with van der Waals surface area (Å²) < 4.78 is 24.7. The highest BCUT2D eigenvalue weighted by Gasteiger charge is 2.53. The van der Waals surface area contributed by atoms with Gasteiger partial charge >= 0.3 is 0 Å². The highest BCUT2D eigenvalue weighted by atomic mass is 79.9. The molecule has 0 aromatic heterocycles. The van der Waals surface area contributed by atoms with E-state index in [-0.39, 0.29) is 19.1 Å². The van der Waals surface area contributed by atoms with Crippen LogP contribution < -0.4 is 10.1 Å². The molecule has 0 aliphatic carbocycles. The molecule has 1 amide bonds. The van der Waals surface area contributed by atoms with Crippen LogP contribution in [-0.2, 0) is 25.4 Å². The molecule has 40 heavy (non-hydrogen) atoms. The molecular formula is C30H32Br2N2O6. The molecule has 2 N–H and O–H groups in total. The van der Waals surface area contributed by atoms with Crippen LogP contribution in [0.4, 0.5) is 0 Å². The van der Waals surface area contributed by atoms with E-state index in [1.54, 1.807) is 0 Å². The van der Waals surface area contributed by atoms with Crippen molar-refractivity contribution in [2.24, 2.45) is 4.99 Å². The molecular weight excluding hydrogens is 644 g/mol. The zero-order valence-corrected chi connectivity index (χ0v) is 25.5. The van der Waals surface area contributed by atoms with Crippen LogP contribution in [0, 0.1) is 0 Å². The number of halogens is 2. The summed E-state index contributed by atoms with van der Waals surface area (Å²) in [4.78, 5) is 19.2. The fraction of sp³-hybridized carbons (Fsp3) is 0.333. The van der Waals surface area contributed by atoms with Crippen LogP contribution >= 0.6 is 31.9 Å². The molecule has 212 valence electrons. The van der Waals surface area contributed by atoms with Crippen LogP contribution in [0.3, 0.4) is 0 Å². The number of rotatable bonds is 13. The van der Waals surface area contributed by atoms with Gasteiger partial charge in [-0.2, -0.15) is 0 Å². The fourth-order valence-electron chi connectivity index (χ4n) is 4.43. The minimum Gasteiger partial charge on any atom is -0.494 e. The number of carbonyl (C=O) groups excluding carboxylic acids is 1. The first-order valence-electron chi connectivity index (χ1n) is 12.8. The highest BCUT2D eigenvalue weighted by molar-refractivity contribution is 9.10. The number of aliphatic imine (C=N–C) groups is 1. The van der Waals surface area contributed by atoms with E-state index in [4.69, 9.17) is 29.0 Å². The lowest BCUT2D eigenvalue weighted by atomic mass is 9.82. The lowest BCUT2D eigenvalue weighted by Crippen LogP contribution is -2.51. The first kappa shape index (κ1) is 30.2. The quantitative estimate of drug-likeness (QED) is 0.191. The van der Waals surface area contributed by atoms with Gasteiger partial charge in [-0.1, -0.05) is 56.1 Å². The van der Waals surface area contributed by atoms with Gasteiger partial charge in [0, 0.05) is 48.2 Å². The maximum atomic E-state index is 14.1. The number of nitrogens with zero attached hydrogens (tertiary/aromatic N) is 1. The number of amides is 1. The summed E-state index contributed by atoms with van der Waals surface area (Å²) in [5.41, 5.74) is 1.14. The maximum Gasteiger partial charge on any atom is 0.252 e. The molecule has 1 heterocycles. The molecule has 10 heteroatoms. The van der Waals surface area contributed by atoms with Crippen molar-refractivity contribution in [1.29, 1.82) is 0 Å². The smallest absolute Gasteiger partial charge is 0.252 e. The molecule has 1 aliphatic rings. The number of methoxy groups -OCH3 is 2. The maximum absolute atomic E-state index is 14.1. The van der Waals surface area contributed by atoms with Crippen LogP contribution in [0.5, 0.6) is 5.75 Å². The number of hydrogen-bond donors (Lipinski definition) is 2. The summed E-state index contributed by atoms with van der Waals surface area (Å²) >= 11 is 6.99. The summed E-state index contributed by atoms with van der Waals surface area (Å²) in [7, 11) is 3.04. The van der Waals surface area contributed by atoms with Crippen molar-refractivity contribution in [2.75, 3.05) is 34.0 Å². The van der Waals surface area contributed by atoms with Crippen LogP contribution in [0.2, 0.25) is 0 Å². The Morgan fingerprint density at radius 3 is 2.23 bits per heavy atom. The van der Waals surface area contributed by atoms with Crippen molar-refractivity contribution >= 4 is 43.7 Å². The van der Waals surface area contributed by atoms with Gasteiger partial charge in [0.15, 0.2) is 17.9 Å². The zero-order chi connectivity index (χ0) is 28.5.